The molecule has 1 aromatic carbocycles. The lowest BCUT2D eigenvalue weighted by Gasteiger charge is -1.94. The molecule has 116 valence electrons. The first-order valence-corrected chi connectivity index (χ1v) is 8.17. The Morgan fingerprint density at radius 2 is 1.75 bits per heavy atom. The zero-order chi connectivity index (χ0) is 16.4. The monoisotopic (exact) mass is 332 g/mol. The second-order valence-electron chi connectivity index (χ2n) is 5.07. The van der Waals surface area contributed by atoms with Crippen LogP contribution >= 0.6 is 11.3 Å². The summed E-state index contributed by atoms with van der Waals surface area (Å²) in [7, 11) is 0. The summed E-state index contributed by atoms with van der Waals surface area (Å²) in [5, 5.41) is 5.14. The van der Waals surface area contributed by atoms with E-state index in [1.54, 1.807) is 12.3 Å². The lowest BCUT2D eigenvalue weighted by atomic mass is 10.2. The maximum absolute atomic E-state index is 12.3. The highest BCUT2D eigenvalue weighted by Crippen LogP contribution is 2.23. The number of benzene rings is 1. The molecule has 0 aliphatic rings. The Morgan fingerprint density at radius 3 is 2.54 bits per heavy atom. The standard InChI is InChI=1S/C18H12N4OS/c23-16-12-15(10-9-14-8-4-5-11-19-14)20-18-22(16)21-17(24-18)13-6-2-1-3-7-13/h1-12H/b10-9+. The largest absolute Gasteiger partial charge is 0.275 e. The van der Waals surface area contributed by atoms with E-state index in [1.807, 2.05) is 54.6 Å². The lowest BCUT2D eigenvalue weighted by molar-refractivity contribution is 0.901. The highest BCUT2D eigenvalue weighted by molar-refractivity contribution is 7.19. The van der Waals surface area contributed by atoms with E-state index in [1.165, 1.54) is 21.9 Å². The van der Waals surface area contributed by atoms with Crippen molar-refractivity contribution in [3.05, 3.63) is 82.5 Å². The summed E-state index contributed by atoms with van der Waals surface area (Å²) in [5.74, 6) is 0. The van der Waals surface area contributed by atoms with Gasteiger partial charge in [-0.05, 0) is 24.3 Å². The van der Waals surface area contributed by atoms with Gasteiger partial charge in [-0.3, -0.25) is 9.78 Å². The Bertz CT molecular complexity index is 1070. The average molecular weight is 332 g/mol. The molecule has 0 fully saturated rings. The Kier molecular flexibility index (Phi) is 3.72. The Labute approximate surface area is 141 Å². The summed E-state index contributed by atoms with van der Waals surface area (Å²) in [4.78, 5) is 21.6. The van der Waals surface area contributed by atoms with Gasteiger partial charge in [0.05, 0.1) is 11.4 Å². The number of fused-ring (bicyclic) bond motifs is 1. The van der Waals surface area contributed by atoms with Gasteiger partial charge in [0.15, 0.2) is 0 Å². The van der Waals surface area contributed by atoms with Crippen LogP contribution in [-0.2, 0) is 0 Å². The van der Waals surface area contributed by atoms with E-state index in [2.05, 4.69) is 15.1 Å². The fourth-order valence-electron chi connectivity index (χ4n) is 2.26. The maximum Gasteiger partial charge on any atom is 0.275 e. The van der Waals surface area contributed by atoms with E-state index < -0.39 is 0 Å². The van der Waals surface area contributed by atoms with Crippen LogP contribution in [0.25, 0.3) is 27.7 Å². The average Bonchev–Trinajstić information content (AvgIpc) is 3.06. The van der Waals surface area contributed by atoms with E-state index in [0.29, 0.717) is 10.7 Å². The van der Waals surface area contributed by atoms with Gasteiger partial charge in [0, 0.05) is 17.8 Å². The molecule has 4 rings (SSSR count). The number of hydrogen-bond donors (Lipinski definition) is 0. The maximum atomic E-state index is 12.3. The lowest BCUT2D eigenvalue weighted by Crippen LogP contribution is -2.14. The zero-order valence-corrected chi connectivity index (χ0v) is 13.4. The summed E-state index contributed by atoms with van der Waals surface area (Å²) >= 11 is 1.39. The van der Waals surface area contributed by atoms with E-state index in [0.717, 1.165) is 16.3 Å². The number of pyridine rings is 1. The van der Waals surface area contributed by atoms with Gasteiger partial charge in [0.1, 0.15) is 5.01 Å². The van der Waals surface area contributed by atoms with Crippen LogP contribution < -0.4 is 5.56 Å². The third-order valence-corrected chi connectivity index (χ3v) is 4.36. The topological polar surface area (TPSA) is 60.2 Å². The molecule has 0 atom stereocenters. The van der Waals surface area contributed by atoms with Crippen molar-refractivity contribution in [2.24, 2.45) is 0 Å². The Morgan fingerprint density at radius 1 is 0.958 bits per heavy atom. The minimum atomic E-state index is -0.195. The van der Waals surface area contributed by atoms with Gasteiger partial charge in [0.25, 0.3) is 5.56 Å². The van der Waals surface area contributed by atoms with Crippen LogP contribution in [0.2, 0.25) is 0 Å². The molecule has 0 spiro atoms. The number of hydrogen-bond acceptors (Lipinski definition) is 5. The third-order valence-electron chi connectivity index (χ3n) is 3.40. The Hall–Kier alpha value is -3.12. The predicted molar refractivity (Wildman–Crippen MR) is 95.7 cm³/mol. The van der Waals surface area contributed by atoms with Crippen LogP contribution in [0.4, 0.5) is 0 Å². The fourth-order valence-corrected chi connectivity index (χ4v) is 3.17. The van der Waals surface area contributed by atoms with Crippen LogP contribution in [-0.4, -0.2) is 19.6 Å². The molecule has 0 saturated carbocycles. The molecule has 0 aliphatic carbocycles. The first-order valence-electron chi connectivity index (χ1n) is 7.35. The van der Waals surface area contributed by atoms with Crippen LogP contribution in [0, 0.1) is 0 Å². The summed E-state index contributed by atoms with van der Waals surface area (Å²) in [6.07, 6.45) is 5.34. The molecule has 0 unspecified atom stereocenters. The van der Waals surface area contributed by atoms with Gasteiger partial charge in [0.2, 0.25) is 4.96 Å². The normalized spacial score (nSPS) is 11.3. The molecule has 6 heteroatoms. The van der Waals surface area contributed by atoms with Crippen LogP contribution in [0.3, 0.4) is 0 Å². The molecular weight excluding hydrogens is 320 g/mol. The first-order chi connectivity index (χ1) is 11.8. The third kappa shape index (κ3) is 2.87. The molecule has 0 saturated heterocycles. The van der Waals surface area contributed by atoms with Gasteiger partial charge in [-0.15, -0.1) is 0 Å². The second kappa shape index (κ2) is 6.17. The van der Waals surface area contributed by atoms with E-state index in [4.69, 9.17) is 0 Å². The molecule has 0 bridgehead atoms. The first kappa shape index (κ1) is 14.5. The highest BCUT2D eigenvalue weighted by Gasteiger charge is 2.09. The van der Waals surface area contributed by atoms with Crippen LogP contribution in [0.1, 0.15) is 11.4 Å². The molecule has 3 aromatic heterocycles. The van der Waals surface area contributed by atoms with Crippen molar-refractivity contribution in [3.8, 4) is 10.6 Å². The van der Waals surface area contributed by atoms with E-state index in [9.17, 15) is 4.79 Å². The molecule has 4 aromatic rings. The summed E-state index contributed by atoms with van der Waals surface area (Å²) in [6.45, 7) is 0. The van der Waals surface area contributed by atoms with Crippen molar-refractivity contribution in [2.75, 3.05) is 0 Å². The van der Waals surface area contributed by atoms with Crippen molar-refractivity contribution in [2.45, 2.75) is 0 Å². The molecule has 3 heterocycles. The van der Waals surface area contributed by atoms with Gasteiger partial charge in [-0.25, -0.2) is 4.98 Å². The summed E-state index contributed by atoms with van der Waals surface area (Å²) < 4.78 is 1.34. The van der Waals surface area contributed by atoms with E-state index >= 15 is 0 Å². The van der Waals surface area contributed by atoms with Crippen molar-refractivity contribution in [3.63, 3.8) is 0 Å². The molecule has 24 heavy (non-hydrogen) atoms. The summed E-state index contributed by atoms with van der Waals surface area (Å²) in [6, 6.07) is 16.9. The van der Waals surface area contributed by atoms with E-state index in [-0.39, 0.29) is 5.56 Å². The summed E-state index contributed by atoms with van der Waals surface area (Å²) in [5.41, 5.74) is 2.18. The van der Waals surface area contributed by atoms with Crippen LogP contribution in [0.5, 0.6) is 0 Å². The Balaban J connectivity index is 1.75. The SMILES string of the molecule is O=c1cc(/C=C/c2ccccn2)nc2sc(-c3ccccc3)nn12. The van der Waals surface area contributed by atoms with Gasteiger partial charge in [-0.1, -0.05) is 47.7 Å². The molecule has 5 nitrogen and oxygen atoms in total. The molecular formula is C18H12N4OS. The molecule has 0 aliphatic heterocycles. The fraction of sp³-hybridized carbons (Fsp3) is 0. The van der Waals surface area contributed by atoms with Crippen molar-refractivity contribution in [1.29, 1.82) is 0 Å². The van der Waals surface area contributed by atoms with Gasteiger partial charge >= 0.3 is 0 Å². The molecule has 0 N–H and O–H groups in total. The number of nitrogens with zero attached hydrogens (tertiary/aromatic N) is 4. The van der Waals surface area contributed by atoms with Crippen LogP contribution in [0.15, 0.2) is 65.6 Å². The second-order valence-corrected chi connectivity index (χ2v) is 6.03. The number of aromatic nitrogens is 4. The van der Waals surface area contributed by atoms with Crippen molar-refractivity contribution < 1.29 is 0 Å². The van der Waals surface area contributed by atoms with Crippen molar-refractivity contribution in [1.82, 2.24) is 19.6 Å². The quantitative estimate of drug-likeness (QED) is 0.577. The minimum Gasteiger partial charge on any atom is -0.267 e. The minimum absolute atomic E-state index is 0.195. The molecule has 0 radical (unpaired) electrons. The molecule has 0 amide bonds. The predicted octanol–water partition coefficient (Wildman–Crippen LogP) is 3.38. The zero-order valence-electron chi connectivity index (χ0n) is 12.5. The number of rotatable bonds is 3. The van der Waals surface area contributed by atoms with Crippen molar-refractivity contribution >= 4 is 28.4 Å². The highest BCUT2D eigenvalue weighted by atomic mass is 32.1. The van der Waals surface area contributed by atoms with Gasteiger partial charge in [-0.2, -0.15) is 9.61 Å². The van der Waals surface area contributed by atoms with Gasteiger partial charge < -0.3 is 0 Å². The smallest absolute Gasteiger partial charge is 0.267 e.